The number of hydrogen-bond donors (Lipinski definition) is 1. The highest BCUT2D eigenvalue weighted by molar-refractivity contribution is 7.83. The predicted octanol–water partition coefficient (Wildman–Crippen LogP) is 5.02. The number of hydrogen-bond acceptors (Lipinski definition) is 6. The first kappa shape index (κ1) is 26.8. The number of ether oxygens (including phenoxy) is 2. The van der Waals surface area contributed by atoms with E-state index in [1.165, 1.54) is 27.8 Å². The van der Waals surface area contributed by atoms with E-state index in [9.17, 15) is 13.8 Å². The first-order chi connectivity index (χ1) is 19.3. The highest BCUT2D eigenvalue weighted by Crippen LogP contribution is 2.33. The van der Waals surface area contributed by atoms with Gasteiger partial charge in [-0.05, 0) is 49.4 Å². The molecule has 1 atom stereocenters. The Morgan fingerprint density at radius 3 is 2.52 bits per heavy atom. The van der Waals surface area contributed by atoms with Crippen molar-refractivity contribution in [3.63, 3.8) is 0 Å². The molecule has 11 heteroatoms. The fourth-order valence-corrected chi connectivity index (χ4v) is 5.01. The standard InChI is InChI=1S/C29H25FN4O5S/c1-18-27(29(36)34(33(18)17-40(3)37)20-7-5-4-6-8-20)28(35)32-19-9-12-26(23(30)15-19)39-25-13-14-31-24-16-21(38-2)10-11-22(24)25/h4-16H,17H2,1-3H3,(H,32,35). The van der Waals surface area contributed by atoms with Crippen molar-refractivity contribution in [1.82, 2.24) is 14.3 Å². The second kappa shape index (κ2) is 11.1. The summed E-state index contributed by atoms with van der Waals surface area (Å²) in [6.07, 6.45) is 3.06. The number of nitrogens with zero attached hydrogens (tertiary/aromatic N) is 3. The predicted molar refractivity (Wildman–Crippen MR) is 152 cm³/mol. The Balaban J connectivity index is 1.42. The van der Waals surface area contributed by atoms with Gasteiger partial charge in [0.15, 0.2) is 11.6 Å². The Hall–Kier alpha value is -4.77. The van der Waals surface area contributed by atoms with Crippen LogP contribution in [0, 0.1) is 12.7 Å². The number of nitrogens with one attached hydrogen (secondary N) is 1. The zero-order chi connectivity index (χ0) is 28.4. The summed E-state index contributed by atoms with van der Waals surface area (Å²) in [7, 11) is 0.263. The first-order valence-electron chi connectivity index (χ1n) is 12.2. The van der Waals surface area contributed by atoms with E-state index < -0.39 is 28.1 Å². The van der Waals surface area contributed by atoms with Gasteiger partial charge in [-0.15, -0.1) is 0 Å². The number of para-hydroxylation sites is 1. The summed E-state index contributed by atoms with van der Waals surface area (Å²) in [6.45, 7) is 1.61. The molecule has 0 bridgehead atoms. The van der Waals surface area contributed by atoms with Gasteiger partial charge in [-0.1, -0.05) is 18.2 Å². The van der Waals surface area contributed by atoms with Crippen molar-refractivity contribution in [1.29, 1.82) is 0 Å². The Bertz CT molecular complexity index is 1820. The van der Waals surface area contributed by atoms with E-state index in [4.69, 9.17) is 9.47 Å². The third-order valence-electron chi connectivity index (χ3n) is 6.25. The van der Waals surface area contributed by atoms with Crippen molar-refractivity contribution >= 4 is 33.3 Å². The highest BCUT2D eigenvalue weighted by atomic mass is 32.2. The molecule has 3 aromatic carbocycles. The van der Waals surface area contributed by atoms with E-state index >= 15 is 4.39 Å². The van der Waals surface area contributed by atoms with Crippen LogP contribution >= 0.6 is 0 Å². The van der Waals surface area contributed by atoms with Crippen LogP contribution in [-0.4, -0.2) is 37.8 Å². The van der Waals surface area contributed by atoms with Gasteiger partial charge < -0.3 is 14.8 Å². The zero-order valence-corrected chi connectivity index (χ0v) is 22.7. The number of halogens is 1. The monoisotopic (exact) mass is 560 g/mol. The topological polar surface area (TPSA) is 104 Å². The van der Waals surface area contributed by atoms with E-state index in [0.29, 0.717) is 33.8 Å². The molecule has 0 aliphatic carbocycles. The molecule has 0 saturated carbocycles. The maximum Gasteiger partial charge on any atom is 0.284 e. The molecule has 5 rings (SSSR count). The van der Waals surface area contributed by atoms with Gasteiger partial charge in [-0.2, -0.15) is 0 Å². The largest absolute Gasteiger partial charge is 0.497 e. The van der Waals surface area contributed by atoms with E-state index in [0.717, 1.165) is 6.07 Å². The summed E-state index contributed by atoms with van der Waals surface area (Å²) >= 11 is 0. The summed E-state index contributed by atoms with van der Waals surface area (Å²) in [5.74, 6) is -0.438. The van der Waals surface area contributed by atoms with Gasteiger partial charge in [0.25, 0.3) is 11.5 Å². The maximum absolute atomic E-state index is 15.1. The molecule has 1 amide bonds. The number of amides is 1. The van der Waals surface area contributed by atoms with Gasteiger partial charge in [0.2, 0.25) is 0 Å². The van der Waals surface area contributed by atoms with Crippen molar-refractivity contribution < 1.29 is 22.9 Å². The number of fused-ring (bicyclic) bond motifs is 1. The molecule has 1 unspecified atom stereocenters. The number of rotatable bonds is 8. The zero-order valence-electron chi connectivity index (χ0n) is 21.9. The lowest BCUT2D eigenvalue weighted by molar-refractivity contribution is 0.102. The molecular weight excluding hydrogens is 535 g/mol. The van der Waals surface area contributed by atoms with E-state index in [-0.39, 0.29) is 22.9 Å². The van der Waals surface area contributed by atoms with Crippen molar-refractivity contribution in [3.05, 3.63) is 106 Å². The molecule has 0 radical (unpaired) electrons. The lowest BCUT2D eigenvalue weighted by Gasteiger charge is -2.12. The van der Waals surface area contributed by atoms with Crippen molar-refractivity contribution in [2.75, 3.05) is 18.7 Å². The minimum atomic E-state index is -1.29. The van der Waals surface area contributed by atoms with Gasteiger partial charge in [0.1, 0.15) is 22.9 Å². The lowest BCUT2D eigenvalue weighted by atomic mass is 10.2. The van der Waals surface area contributed by atoms with Crippen LogP contribution in [0.4, 0.5) is 10.1 Å². The summed E-state index contributed by atoms with van der Waals surface area (Å²) in [6, 6.07) is 19.6. The average molecular weight is 561 g/mol. The Labute approximate surface area is 231 Å². The van der Waals surface area contributed by atoms with Gasteiger partial charge >= 0.3 is 0 Å². The SMILES string of the molecule is COc1ccc2c(Oc3ccc(NC(=O)c4c(C)n(CS(C)=O)n(-c5ccccc5)c4=O)cc3F)ccnc2c1. The van der Waals surface area contributed by atoms with E-state index in [1.807, 2.05) is 0 Å². The molecule has 0 aliphatic heterocycles. The molecule has 0 saturated heterocycles. The summed E-state index contributed by atoms with van der Waals surface area (Å²) in [5, 5.41) is 3.27. The quantitative estimate of drug-likeness (QED) is 0.286. The van der Waals surface area contributed by atoms with Crippen LogP contribution in [0.1, 0.15) is 16.1 Å². The Morgan fingerprint density at radius 2 is 1.82 bits per heavy atom. The van der Waals surface area contributed by atoms with Crippen LogP contribution in [0.15, 0.2) is 83.8 Å². The number of anilines is 1. The number of carbonyl (C=O) groups is 1. The van der Waals surface area contributed by atoms with Gasteiger partial charge in [-0.3, -0.25) is 23.5 Å². The molecule has 204 valence electrons. The third kappa shape index (κ3) is 5.23. The normalized spacial score (nSPS) is 11.8. The van der Waals surface area contributed by atoms with Gasteiger partial charge in [0, 0.05) is 46.5 Å². The fourth-order valence-electron chi connectivity index (χ4n) is 4.35. The molecular formula is C29H25FN4O5S. The summed E-state index contributed by atoms with van der Waals surface area (Å²) in [5.41, 5.74) is 0.910. The number of benzene rings is 3. The first-order valence-corrected chi connectivity index (χ1v) is 13.9. The smallest absolute Gasteiger partial charge is 0.284 e. The third-order valence-corrected chi connectivity index (χ3v) is 6.86. The molecule has 9 nitrogen and oxygen atoms in total. The van der Waals surface area contributed by atoms with Crippen LogP contribution in [0.3, 0.4) is 0 Å². The second-order valence-electron chi connectivity index (χ2n) is 8.91. The molecule has 1 N–H and O–H groups in total. The van der Waals surface area contributed by atoms with Gasteiger partial charge in [-0.25, -0.2) is 9.07 Å². The number of pyridine rings is 1. The second-order valence-corrected chi connectivity index (χ2v) is 10.3. The average Bonchev–Trinajstić information content (AvgIpc) is 3.18. The summed E-state index contributed by atoms with van der Waals surface area (Å²) in [4.78, 5) is 30.9. The lowest BCUT2D eigenvalue weighted by Crippen LogP contribution is -2.26. The molecule has 0 fully saturated rings. The maximum atomic E-state index is 15.1. The minimum Gasteiger partial charge on any atom is -0.497 e. The van der Waals surface area contributed by atoms with E-state index in [2.05, 4.69) is 10.3 Å². The van der Waals surface area contributed by atoms with Crippen LogP contribution in [0.25, 0.3) is 16.6 Å². The molecule has 2 aromatic heterocycles. The summed E-state index contributed by atoms with van der Waals surface area (Å²) < 4.78 is 41.0. The van der Waals surface area contributed by atoms with Gasteiger partial charge in [0.05, 0.1) is 24.0 Å². The van der Waals surface area contributed by atoms with Crippen LogP contribution < -0.4 is 20.3 Å². The van der Waals surface area contributed by atoms with Crippen molar-refractivity contribution in [2.45, 2.75) is 12.8 Å². The fraction of sp³-hybridized carbons (Fsp3) is 0.138. The van der Waals surface area contributed by atoms with E-state index in [1.54, 1.807) is 74.8 Å². The molecule has 2 heterocycles. The van der Waals surface area contributed by atoms with Crippen LogP contribution in [0.2, 0.25) is 0 Å². The van der Waals surface area contributed by atoms with Crippen LogP contribution in [0.5, 0.6) is 17.2 Å². The molecule has 40 heavy (non-hydrogen) atoms. The molecule has 0 spiro atoms. The van der Waals surface area contributed by atoms with Crippen molar-refractivity contribution in [2.24, 2.45) is 0 Å². The Kier molecular flexibility index (Phi) is 7.47. The number of methoxy groups -OCH3 is 1. The Morgan fingerprint density at radius 1 is 1.05 bits per heavy atom. The minimum absolute atomic E-state index is 0.0143. The number of carbonyl (C=O) groups excluding carboxylic acids is 1. The number of aromatic nitrogens is 3. The van der Waals surface area contributed by atoms with Crippen molar-refractivity contribution in [3.8, 4) is 22.9 Å². The highest BCUT2D eigenvalue weighted by Gasteiger charge is 2.24. The van der Waals surface area contributed by atoms with Crippen LogP contribution in [-0.2, 0) is 16.7 Å². The molecule has 5 aromatic rings. The molecule has 0 aliphatic rings.